The Hall–Kier alpha value is -1.30. The summed E-state index contributed by atoms with van der Waals surface area (Å²) in [6.45, 7) is 16.5. The van der Waals surface area contributed by atoms with Crippen LogP contribution >= 0.6 is 0 Å². The first-order chi connectivity index (χ1) is 16.0. The average Bonchev–Trinajstić information content (AvgIpc) is 2.93. The first-order valence-corrected chi connectivity index (χ1v) is 13.5. The summed E-state index contributed by atoms with van der Waals surface area (Å²) in [5.41, 5.74) is -0.712. The highest BCUT2D eigenvalue weighted by Crippen LogP contribution is 2.75. The lowest BCUT2D eigenvalue weighted by Gasteiger charge is -2.64. The maximum absolute atomic E-state index is 14.3. The molecule has 5 aliphatic rings. The van der Waals surface area contributed by atoms with E-state index in [-0.39, 0.29) is 52.4 Å². The molecule has 1 unspecified atom stereocenters. The van der Waals surface area contributed by atoms with E-state index in [0.717, 1.165) is 18.4 Å². The molecule has 35 heavy (non-hydrogen) atoms. The highest BCUT2D eigenvalue weighted by molar-refractivity contribution is 5.94. The Kier molecular flexibility index (Phi) is 5.35. The fourth-order valence-electron chi connectivity index (χ4n) is 9.86. The standard InChI is InChI=1S/C30H44O5/c1-16(2)11-17-13-29(7,34)24-21(35-17)14-27(5)22-10-9-18-19(12-20(31)25(33)26(18,3)4)30(22,8)23(32)15-28(24,27)6/h9,11,17,19-22,24,31,34H,10,12-15H2,1-8H3/t17?,19-,20-,21-,22+,24+,27+,28-,29+,30+/m1/s1. The molecule has 0 aromatic heterocycles. The predicted octanol–water partition coefficient (Wildman–Crippen LogP) is 4.80. The van der Waals surface area contributed by atoms with E-state index < -0.39 is 22.5 Å². The molecule has 5 heteroatoms. The molecule has 0 amide bonds. The fraction of sp³-hybridized carbons (Fsp3) is 0.800. The molecular weight excluding hydrogens is 440 g/mol. The van der Waals surface area contributed by atoms with Gasteiger partial charge in [-0.05, 0) is 76.5 Å². The summed E-state index contributed by atoms with van der Waals surface area (Å²) in [6, 6.07) is 0. The van der Waals surface area contributed by atoms with Gasteiger partial charge in [0.25, 0.3) is 0 Å². The molecule has 0 radical (unpaired) electrons. The predicted molar refractivity (Wildman–Crippen MR) is 134 cm³/mol. The van der Waals surface area contributed by atoms with Gasteiger partial charge in [-0.25, -0.2) is 0 Å². The van der Waals surface area contributed by atoms with Gasteiger partial charge in [-0.3, -0.25) is 9.59 Å². The lowest BCUT2D eigenvalue weighted by atomic mass is 9.38. The average molecular weight is 485 g/mol. The van der Waals surface area contributed by atoms with Crippen LogP contribution in [-0.4, -0.2) is 45.7 Å². The highest BCUT2D eigenvalue weighted by atomic mass is 16.5. The van der Waals surface area contributed by atoms with Crippen LogP contribution in [0.5, 0.6) is 0 Å². The number of ether oxygens (including phenoxy) is 1. The number of hydrogen-bond acceptors (Lipinski definition) is 5. The van der Waals surface area contributed by atoms with E-state index in [1.165, 1.54) is 5.57 Å². The molecule has 5 rings (SSSR count). The van der Waals surface area contributed by atoms with E-state index in [1.807, 2.05) is 20.8 Å². The summed E-state index contributed by atoms with van der Waals surface area (Å²) < 4.78 is 6.65. The zero-order valence-electron chi connectivity index (χ0n) is 22.8. The van der Waals surface area contributed by atoms with Gasteiger partial charge in [0, 0.05) is 29.6 Å². The minimum atomic E-state index is -1.03. The summed E-state index contributed by atoms with van der Waals surface area (Å²) in [4.78, 5) is 27.1. The molecule has 0 aromatic carbocycles. The number of aliphatic hydroxyl groups is 2. The number of hydrogen-bond donors (Lipinski definition) is 2. The highest BCUT2D eigenvalue weighted by Gasteiger charge is 2.75. The fourth-order valence-corrected chi connectivity index (χ4v) is 9.86. The molecule has 0 spiro atoms. The molecule has 10 atom stereocenters. The van der Waals surface area contributed by atoms with E-state index in [2.05, 4.69) is 46.8 Å². The van der Waals surface area contributed by atoms with Crippen LogP contribution in [0.1, 0.15) is 87.5 Å². The molecule has 0 aromatic rings. The zero-order chi connectivity index (χ0) is 25.9. The van der Waals surface area contributed by atoms with Gasteiger partial charge in [0.15, 0.2) is 5.78 Å². The third kappa shape index (κ3) is 3.10. The van der Waals surface area contributed by atoms with Crippen LogP contribution in [0.25, 0.3) is 0 Å². The maximum atomic E-state index is 14.3. The largest absolute Gasteiger partial charge is 0.390 e. The van der Waals surface area contributed by atoms with Crippen molar-refractivity contribution in [2.45, 2.75) is 111 Å². The Morgan fingerprint density at radius 1 is 1.06 bits per heavy atom. The lowest BCUT2D eigenvalue weighted by Crippen LogP contribution is -2.65. The van der Waals surface area contributed by atoms with Crippen molar-refractivity contribution in [2.24, 2.45) is 39.4 Å². The second-order valence-electron chi connectivity index (χ2n) is 14.2. The summed E-state index contributed by atoms with van der Waals surface area (Å²) in [5.74, 6) is -0.102. The Morgan fingerprint density at radius 2 is 1.71 bits per heavy atom. The Bertz CT molecular complexity index is 1030. The normalized spacial score (nSPS) is 52.6. The molecule has 5 nitrogen and oxygen atoms in total. The smallest absolute Gasteiger partial charge is 0.170 e. The number of Topliss-reactive ketones (excluding diaryl/α,β-unsaturated/α-hetero) is 2. The van der Waals surface area contributed by atoms with Crippen molar-refractivity contribution in [3.05, 3.63) is 23.3 Å². The Balaban J connectivity index is 1.61. The first kappa shape index (κ1) is 25.4. The number of rotatable bonds is 1. The van der Waals surface area contributed by atoms with Crippen LogP contribution in [0, 0.1) is 39.4 Å². The van der Waals surface area contributed by atoms with Crippen LogP contribution in [0.4, 0.5) is 0 Å². The Morgan fingerprint density at radius 3 is 2.34 bits per heavy atom. The molecule has 3 saturated carbocycles. The number of fused-ring (bicyclic) bond motifs is 7. The molecule has 194 valence electrons. The second kappa shape index (κ2) is 7.39. The minimum Gasteiger partial charge on any atom is -0.390 e. The third-order valence-electron chi connectivity index (χ3n) is 11.5. The molecule has 4 aliphatic carbocycles. The van der Waals surface area contributed by atoms with E-state index in [0.29, 0.717) is 19.3 Å². The number of ketones is 2. The van der Waals surface area contributed by atoms with Crippen molar-refractivity contribution in [1.29, 1.82) is 0 Å². The monoisotopic (exact) mass is 484 g/mol. The first-order valence-electron chi connectivity index (χ1n) is 13.5. The van der Waals surface area contributed by atoms with Gasteiger partial charge in [0.2, 0.25) is 0 Å². The van der Waals surface area contributed by atoms with Crippen molar-refractivity contribution in [3.8, 4) is 0 Å². The van der Waals surface area contributed by atoms with Gasteiger partial charge in [0.05, 0.1) is 17.8 Å². The number of aliphatic hydroxyl groups excluding tert-OH is 1. The summed E-state index contributed by atoms with van der Waals surface area (Å²) in [7, 11) is 0. The van der Waals surface area contributed by atoms with Crippen molar-refractivity contribution in [2.75, 3.05) is 0 Å². The van der Waals surface area contributed by atoms with E-state index in [1.54, 1.807) is 0 Å². The van der Waals surface area contributed by atoms with E-state index >= 15 is 0 Å². The maximum Gasteiger partial charge on any atom is 0.170 e. The number of carbonyl (C=O) groups is 2. The van der Waals surface area contributed by atoms with Gasteiger partial charge < -0.3 is 14.9 Å². The van der Waals surface area contributed by atoms with Gasteiger partial charge >= 0.3 is 0 Å². The van der Waals surface area contributed by atoms with Crippen LogP contribution in [0.15, 0.2) is 23.3 Å². The molecule has 0 bridgehead atoms. The van der Waals surface area contributed by atoms with Gasteiger partial charge in [-0.2, -0.15) is 0 Å². The number of allylic oxidation sites excluding steroid dienone is 3. The van der Waals surface area contributed by atoms with Crippen molar-refractivity contribution >= 4 is 11.6 Å². The molecular formula is C30H44O5. The zero-order valence-corrected chi connectivity index (χ0v) is 22.8. The summed E-state index contributed by atoms with van der Waals surface area (Å²) in [6.07, 6.45) is 5.89. The van der Waals surface area contributed by atoms with Crippen molar-refractivity contribution < 1.29 is 24.5 Å². The quantitative estimate of drug-likeness (QED) is 0.523. The van der Waals surface area contributed by atoms with Gasteiger partial charge in [0.1, 0.15) is 11.9 Å². The van der Waals surface area contributed by atoms with Crippen LogP contribution in [0.2, 0.25) is 0 Å². The van der Waals surface area contributed by atoms with Crippen LogP contribution in [0.3, 0.4) is 0 Å². The van der Waals surface area contributed by atoms with Crippen LogP contribution < -0.4 is 0 Å². The van der Waals surface area contributed by atoms with Crippen LogP contribution in [-0.2, 0) is 14.3 Å². The third-order valence-corrected chi connectivity index (χ3v) is 11.5. The second-order valence-corrected chi connectivity index (χ2v) is 14.2. The topological polar surface area (TPSA) is 83.8 Å². The summed E-state index contributed by atoms with van der Waals surface area (Å²) >= 11 is 0. The molecule has 1 aliphatic heterocycles. The molecule has 1 heterocycles. The number of carbonyl (C=O) groups excluding carboxylic acids is 2. The lowest BCUT2D eigenvalue weighted by molar-refractivity contribution is -0.201. The summed E-state index contributed by atoms with van der Waals surface area (Å²) in [5, 5.41) is 22.5. The minimum absolute atomic E-state index is 0.0677. The molecule has 1 saturated heterocycles. The van der Waals surface area contributed by atoms with E-state index in [9.17, 15) is 19.8 Å². The Labute approximate surface area is 210 Å². The van der Waals surface area contributed by atoms with E-state index in [4.69, 9.17) is 4.74 Å². The van der Waals surface area contributed by atoms with Crippen molar-refractivity contribution in [3.63, 3.8) is 0 Å². The molecule has 4 fully saturated rings. The van der Waals surface area contributed by atoms with Crippen molar-refractivity contribution in [1.82, 2.24) is 0 Å². The SMILES string of the molecule is CC(C)=CC1C[C@](C)(O)[C@H]2[C@@H](C[C@@]3(C)[C@@H]4CC=C5[C@@H](C[C@@H](O)C(=O)C5(C)C)[C@]4(C)C(=O)C[C@]23C)O1. The van der Waals surface area contributed by atoms with Gasteiger partial charge in [-0.1, -0.05) is 44.1 Å². The van der Waals surface area contributed by atoms with Gasteiger partial charge in [-0.15, -0.1) is 0 Å². The molecule has 2 N–H and O–H groups in total.